The third-order valence-corrected chi connectivity index (χ3v) is 3.76. The van der Waals surface area contributed by atoms with E-state index in [-0.39, 0.29) is 0 Å². The molecule has 1 unspecified atom stereocenters. The Kier molecular flexibility index (Phi) is 4.78. The molecule has 4 heteroatoms. The summed E-state index contributed by atoms with van der Waals surface area (Å²) in [6, 6.07) is 4.30. The largest absolute Gasteiger partial charge is 0.379 e. The maximum absolute atomic E-state index is 5.56. The van der Waals surface area contributed by atoms with Crippen LogP contribution < -0.4 is 5.32 Å². The lowest BCUT2D eigenvalue weighted by Crippen LogP contribution is -2.25. The SMILES string of the molecule is COCc1ccc(CNCC2CCCO2)s1. The summed E-state index contributed by atoms with van der Waals surface area (Å²) in [5.74, 6) is 0. The van der Waals surface area contributed by atoms with Crippen molar-refractivity contribution in [2.45, 2.75) is 32.1 Å². The molecule has 0 bridgehead atoms. The topological polar surface area (TPSA) is 30.5 Å². The summed E-state index contributed by atoms with van der Waals surface area (Å²) in [6.45, 7) is 3.56. The van der Waals surface area contributed by atoms with E-state index in [4.69, 9.17) is 9.47 Å². The van der Waals surface area contributed by atoms with E-state index in [0.717, 1.165) is 26.3 Å². The molecule has 0 amide bonds. The highest BCUT2D eigenvalue weighted by molar-refractivity contribution is 7.11. The predicted molar refractivity (Wildman–Crippen MR) is 65.7 cm³/mol. The van der Waals surface area contributed by atoms with Gasteiger partial charge < -0.3 is 14.8 Å². The fraction of sp³-hybridized carbons (Fsp3) is 0.667. The standard InChI is InChI=1S/C12H19NO2S/c1-14-9-12-5-4-11(16-12)8-13-7-10-3-2-6-15-10/h4-5,10,13H,2-3,6-9H2,1H3. The molecular weight excluding hydrogens is 222 g/mol. The van der Waals surface area contributed by atoms with Crippen molar-refractivity contribution in [3.05, 3.63) is 21.9 Å². The average molecular weight is 241 g/mol. The van der Waals surface area contributed by atoms with E-state index >= 15 is 0 Å². The van der Waals surface area contributed by atoms with E-state index in [1.165, 1.54) is 22.6 Å². The molecule has 16 heavy (non-hydrogen) atoms. The molecule has 1 aromatic heterocycles. The minimum atomic E-state index is 0.429. The van der Waals surface area contributed by atoms with Crippen LogP contribution in [0.5, 0.6) is 0 Å². The second kappa shape index (κ2) is 6.35. The van der Waals surface area contributed by atoms with Crippen LogP contribution in [0.3, 0.4) is 0 Å². The van der Waals surface area contributed by atoms with Crippen LogP contribution in [0.25, 0.3) is 0 Å². The molecule has 1 N–H and O–H groups in total. The van der Waals surface area contributed by atoms with Gasteiger partial charge in [-0.2, -0.15) is 0 Å². The second-order valence-corrected chi connectivity index (χ2v) is 5.32. The van der Waals surface area contributed by atoms with Gasteiger partial charge in [0.15, 0.2) is 0 Å². The highest BCUT2D eigenvalue weighted by Crippen LogP contribution is 2.17. The van der Waals surface area contributed by atoms with Gasteiger partial charge in [-0.3, -0.25) is 0 Å². The molecule has 0 spiro atoms. The van der Waals surface area contributed by atoms with Crippen molar-refractivity contribution in [2.75, 3.05) is 20.3 Å². The van der Waals surface area contributed by atoms with Gasteiger partial charge >= 0.3 is 0 Å². The number of rotatable bonds is 6. The zero-order valence-corrected chi connectivity index (χ0v) is 10.5. The molecule has 1 aliphatic heterocycles. The van der Waals surface area contributed by atoms with E-state index in [1.807, 2.05) is 11.3 Å². The zero-order valence-electron chi connectivity index (χ0n) is 9.70. The Hall–Kier alpha value is -0.420. The molecule has 3 nitrogen and oxygen atoms in total. The molecule has 1 aliphatic rings. The van der Waals surface area contributed by atoms with Crippen molar-refractivity contribution >= 4 is 11.3 Å². The first kappa shape index (κ1) is 12.0. The highest BCUT2D eigenvalue weighted by atomic mass is 32.1. The molecule has 0 radical (unpaired) electrons. The van der Waals surface area contributed by atoms with Crippen molar-refractivity contribution in [1.29, 1.82) is 0 Å². The lowest BCUT2D eigenvalue weighted by atomic mass is 10.2. The molecular formula is C12H19NO2S. The molecule has 0 saturated carbocycles. The summed E-state index contributed by atoms with van der Waals surface area (Å²) in [7, 11) is 1.73. The van der Waals surface area contributed by atoms with Crippen molar-refractivity contribution in [3.63, 3.8) is 0 Å². The van der Waals surface area contributed by atoms with Gasteiger partial charge in [0.2, 0.25) is 0 Å². The number of methoxy groups -OCH3 is 1. The van der Waals surface area contributed by atoms with Crippen LogP contribution in [0.4, 0.5) is 0 Å². The van der Waals surface area contributed by atoms with Gasteiger partial charge in [0.05, 0.1) is 12.7 Å². The van der Waals surface area contributed by atoms with Gasteiger partial charge in [-0.05, 0) is 25.0 Å². The summed E-state index contributed by atoms with van der Waals surface area (Å²) in [4.78, 5) is 2.65. The van der Waals surface area contributed by atoms with Gasteiger partial charge in [0.1, 0.15) is 0 Å². The van der Waals surface area contributed by atoms with Crippen LogP contribution in [-0.2, 0) is 22.6 Å². The molecule has 0 aliphatic carbocycles. The lowest BCUT2D eigenvalue weighted by Gasteiger charge is -2.09. The monoisotopic (exact) mass is 241 g/mol. The number of ether oxygens (including phenoxy) is 2. The van der Waals surface area contributed by atoms with Gasteiger partial charge in [-0.1, -0.05) is 0 Å². The van der Waals surface area contributed by atoms with Crippen LogP contribution in [0, 0.1) is 0 Å². The Labute approximate surface area is 101 Å². The summed E-state index contributed by atoms with van der Waals surface area (Å²) in [6.07, 6.45) is 2.84. The van der Waals surface area contributed by atoms with E-state index in [9.17, 15) is 0 Å². The van der Waals surface area contributed by atoms with Gasteiger partial charge in [-0.25, -0.2) is 0 Å². The van der Waals surface area contributed by atoms with E-state index in [0.29, 0.717) is 6.10 Å². The lowest BCUT2D eigenvalue weighted by molar-refractivity contribution is 0.110. The van der Waals surface area contributed by atoms with Crippen molar-refractivity contribution < 1.29 is 9.47 Å². The summed E-state index contributed by atoms with van der Waals surface area (Å²) < 4.78 is 10.7. The van der Waals surface area contributed by atoms with Crippen molar-refractivity contribution in [1.82, 2.24) is 5.32 Å². The van der Waals surface area contributed by atoms with Gasteiger partial charge in [-0.15, -0.1) is 11.3 Å². The minimum absolute atomic E-state index is 0.429. The molecule has 1 saturated heterocycles. The number of hydrogen-bond donors (Lipinski definition) is 1. The molecule has 1 fully saturated rings. The zero-order chi connectivity index (χ0) is 11.2. The summed E-state index contributed by atoms with van der Waals surface area (Å²) in [5.41, 5.74) is 0. The first-order valence-electron chi connectivity index (χ1n) is 5.77. The average Bonchev–Trinajstić information content (AvgIpc) is 2.90. The maximum Gasteiger partial charge on any atom is 0.0805 e. The maximum atomic E-state index is 5.56. The van der Waals surface area contributed by atoms with Crippen LogP contribution >= 0.6 is 11.3 Å². The van der Waals surface area contributed by atoms with Crippen molar-refractivity contribution in [2.24, 2.45) is 0 Å². The Morgan fingerprint density at radius 3 is 3.12 bits per heavy atom. The Morgan fingerprint density at radius 1 is 1.50 bits per heavy atom. The third kappa shape index (κ3) is 3.56. The quantitative estimate of drug-likeness (QED) is 0.828. The smallest absolute Gasteiger partial charge is 0.0805 e. The molecule has 90 valence electrons. The summed E-state index contributed by atoms with van der Waals surface area (Å²) >= 11 is 1.81. The Bertz CT molecular complexity index is 308. The second-order valence-electron chi connectivity index (χ2n) is 4.07. The fourth-order valence-electron chi connectivity index (χ4n) is 1.90. The van der Waals surface area contributed by atoms with Crippen molar-refractivity contribution in [3.8, 4) is 0 Å². The number of hydrogen-bond acceptors (Lipinski definition) is 4. The minimum Gasteiger partial charge on any atom is -0.379 e. The Morgan fingerprint density at radius 2 is 2.38 bits per heavy atom. The van der Waals surface area contributed by atoms with E-state index < -0.39 is 0 Å². The van der Waals surface area contributed by atoms with E-state index in [1.54, 1.807) is 7.11 Å². The highest BCUT2D eigenvalue weighted by Gasteiger charge is 2.14. The number of nitrogens with one attached hydrogen (secondary N) is 1. The molecule has 0 aromatic carbocycles. The third-order valence-electron chi connectivity index (χ3n) is 2.70. The van der Waals surface area contributed by atoms with Crippen LogP contribution in [0.15, 0.2) is 12.1 Å². The van der Waals surface area contributed by atoms with Crippen LogP contribution in [-0.4, -0.2) is 26.4 Å². The fourth-order valence-corrected chi connectivity index (χ4v) is 2.86. The first-order valence-corrected chi connectivity index (χ1v) is 6.59. The molecule has 2 heterocycles. The first-order chi connectivity index (χ1) is 7.88. The molecule has 2 rings (SSSR count). The molecule has 1 atom stereocenters. The number of thiophene rings is 1. The molecule has 1 aromatic rings. The van der Waals surface area contributed by atoms with Gasteiger partial charge in [0, 0.05) is 36.6 Å². The summed E-state index contributed by atoms with van der Waals surface area (Å²) in [5, 5.41) is 3.44. The Balaban J connectivity index is 1.67. The van der Waals surface area contributed by atoms with Crippen LogP contribution in [0.2, 0.25) is 0 Å². The van der Waals surface area contributed by atoms with Crippen LogP contribution in [0.1, 0.15) is 22.6 Å². The van der Waals surface area contributed by atoms with E-state index in [2.05, 4.69) is 17.4 Å². The predicted octanol–water partition coefficient (Wildman–Crippen LogP) is 2.16. The normalized spacial score (nSPS) is 20.4. The van der Waals surface area contributed by atoms with Gasteiger partial charge in [0.25, 0.3) is 0 Å².